The van der Waals surface area contributed by atoms with Gasteiger partial charge in [-0.3, -0.25) is 15.1 Å². The maximum Gasteiger partial charge on any atom is 0.407 e. The summed E-state index contributed by atoms with van der Waals surface area (Å²) in [7, 11) is -4.33. The monoisotopic (exact) mass is 624 g/mol. The average molecular weight is 625 g/mol. The number of rotatable bonds is 11. The molecule has 1 amide bonds. The van der Waals surface area contributed by atoms with Gasteiger partial charge in [0.15, 0.2) is 0 Å². The quantitative estimate of drug-likeness (QED) is 0.139. The second kappa shape index (κ2) is 13.2. The summed E-state index contributed by atoms with van der Waals surface area (Å²) in [6.45, 7) is 4.89. The number of non-ortho nitro benzene ring substituents is 1. The Morgan fingerprint density at radius 3 is 2.41 bits per heavy atom. The van der Waals surface area contributed by atoms with Gasteiger partial charge in [-0.05, 0) is 79.3 Å². The summed E-state index contributed by atoms with van der Waals surface area (Å²) in [5.41, 5.74) is 1.65. The number of benzene rings is 2. The van der Waals surface area contributed by atoms with E-state index in [-0.39, 0.29) is 30.8 Å². The van der Waals surface area contributed by atoms with Crippen molar-refractivity contribution in [3.05, 3.63) is 105 Å². The zero-order valence-corrected chi connectivity index (χ0v) is 25.5. The van der Waals surface area contributed by atoms with Gasteiger partial charge in [0.25, 0.3) is 5.69 Å². The summed E-state index contributed by atoms with van der Waals surface area (Å²) in [6, 6.07) is 15.8. The SMILES string of the molecule is CC(C)(C)OC(=O)NCCNS(=O)(=O)C1(CC(O)C(O)c2ccc([N+](=O)[O-])cc2)CC(c2ccccc2)=Cc2cnccc21. The summed E-state index contributed by atoms with van der Waals surface area (Å²) in [5.74, 6) is 0. The Labute approximate surface area is 256 Å². The van der Waals surface area contributed by atoms with Crippen molar-refractivity contribution in [3.8, 4) is 0 Å². The highest BCUT2D eigenvalue weighted by atomic mass is 32.2. The van der Waals surface area contributed by atoms with Crippen LogP contribution < -0.4 is 10.0 Å². The number of hydrogen-bond donors (Lipinski definition) is 4. The van der Waals surface area contributed by atoms with Crippen LogP contribution in [0, 0.1) is 10.1 Å². The molecule has 1 heterocycles. The third-order valence-electron chi connectivity index (χ3n) is 7.24. The molecule has 0 saturated carbocycles. The molecule has 0 fully saturated rings. The lowest BCUT2D eigenvalue weighted by Crippen LogP contribution is -2.49. The highest BCUT2D eigenvalue weighted by Gasteiger charge is 2.50. The van der Waals surface area contributed by atoms with Crippen molar-refractivity contribution in [1.29, 1.82) is 0 Å². The maximum atomic E-state index is 14.4. The van der Waals surface area contributed by atoms with Crippen LogP contribution in [0.3, 0.4) is 0 Å². The van der Waals surface area contributed by atoms with Crippen molar-refractivity contribution in [2.45, 2.75) is 56.2 Å². The van der Waals surface area contributed by atoms with Crippen LogP contribution in [-0.4, -0.2) is 59.4 Å². The number of pyridine rings is 1. The van der Waals surface area contributed by atoms with E-state index in [2.05, 4.69) is 15.0 Å². The van der Waals surface area contributed by atoms with Crippen LogP contribution in [0.1, 0.15) is 62.0 Å². The minimum atomic E-state index is -4.33. The van der Waals surface area contributed by atoms with Gasteiger partial charge in [-0.1, -0.05) is 30.3 Å². The fourth-order valence-corrected chi connectivity index (χ4v) is 7.07. The topological polar surface area (TPSA) is 181 Å². The zero-order chi connectivity index (χ0) is 32.1. The number of carbonyl (C=O) groups is 1. The number of amides is 1. The molecule has 2 aromatic carbocycles. The van der Waals surface area contributed by atoms with Crippen molar-refractivity contribution < 1.29 is 33.1 Å². The Bertz CT molecular complexity index is 1620. The number of nitro groups is 1. The Morgan fingerprint density at radius 2 is 1.77 bits per heavy atom. The maximum absolute atomic E-state index is 14.4. The van der Waals surface area contributed by atoms with Crippen molar-refractivity contribution >= 4 is 33.5 Å². The molecule has 1 aromatic heterocycles. The van der Waals surface area contributed by atoms with Gasteiger partial charge in [0, 0.05) is 44.0 Å². The number of aromatic nitrogens is 1. The molecular weight excluding hydrogens is 588 g/mol. The molecule has 0 radical (unpaired) electrons. The number of fused-ring (bicyclic) bond motifs is 1. The van der Waals surface area contributed by atoms with Crippen molar-refractivity contribution in [2.75, 3.05) is 13.1 Å². The predicted octanol–water partition coefficient (Wildman–Crippen LogP) is 4.06. The molecule has 234 valence electrons. The van der Waals surface area contributed by atoms with Crippen LogP contribution in [-0.2, 0) is 19.5 Å². The van der Waals surface area contributed by atoms with Crippen LogP contribution in [0.4, 0.5) is 10.5 Å². The molecule has 0 aliphatic heterocycles. The number of nitro benzene ring substituents is 1. The minimum absolute atomic E-state index is 0.0487. The molecule has 4 N–H and O–H groups in total. The van der Waals surface area contributed by atoms with E-state index in [0.717, 1.165) is 5.56 Å². The molecule has 0 spiro atoms. The van der Waals surface area contributed by atoms with Crippen molar-refractivity contribution in [3.63, 3.8) is 0 Å². The van der Waals surface area contributed by atoms with E-state index in [0.29, 0.717) is 16.7 Å². The standard InChI is InChI=1S/C31H36N4O8S/c1-30(2,3)43-29(38)33-15-16-34-44(41,42)31(19-27(36)28(37)22-9-11-25(12-10-22)35(39)40)18-23(21-7-5-4-6-8-21)17-24-20-32-14-13-26(24)31/h4-14,17,20,27-28,34,36-37H,15-16,18-19H2,1-3H3,(H,33,38). The van der Waals surface area contributed by atoms with Gasteiger partial charge >= 0.3 is 6.09 Å². The van der Waals surface area contributed by atoms with Crippen LogP contribution >= 0.6 is 0 Å². The molecule has 12 nitrogen and oxygen atoms in total. The normalized spacial score (nSPS) is 18.0. The summed E-state index contributed by atoms with van der Waals surface area (Å²) in [5, 5.41) is 36.1. The van der Waals surface area contributed by atoms with E-state index in [4.69, 9.17) is 4.74 Å². The number of nitrogens with zero attached hydrogens (tertiary/aromatic N) is 2. The smallest absolute Gasteiger partial charge is 0.407 e. The second-order valence-corrected chi connectivity index (χ2v) is 13.6. The van der Waals surface area contributed by atoms with Crippen LogP contribution in [0.25, 0.3) is 11.6 Å². The van der Waals surface area contributed by atoms with E-state index in [1.807, 2.05) is 36.4 Å². The summed E-state index contributed by atoms with van der Waals surface area (Å²) in [6.07, 6.45) is 0.551. The van der Waals surface area contributed by atoms with Gasteiger partial charge < -0.3 is 20.3 Å². The first-order valence-corrected chi connectivity index (χ1v) is 15.5. The van der Waals surface area contributed by atoms with E-state index in [9.17, 15) is 33.5 Å². The lowest BCUT2D eigenvalue weighted by Gasteiger charge is -2.40. The molecule has 1 aliphatic carbocycles. The van der Waals surface area contributed by atoms with Gasteiger partial charge in [0.05, 0.1) is 11.0 Å². The van der Waals surface area contributed by atoms with E-state index >= 15 is 0 Å². The molecule has 13 heteroatoms. The Balaban J connectivity index is 1.70. The van der Waals surface area contributed by atoms with Gasteiger partial charge in [0.1, 0.15) is 16.5 Å². The zero-order valence-electron chi connectivity index (χ0n) is 24.6. The second-order valence-electron chi connectivity index (χ2n) is 11.6. The first kappa shape index (κ1) is 32.7. The Morgan fingerprint density at radius 1 is 1.09 bits per heavy atom. The van der Waals surface area contributed by atoms with Gasteiger partial charge in [0.2, 0.25) is 10.0 Å². The summed E-state index contributed by atoms with van der Waals surface area (Å²) >= 11 is 0. The Hall–Kier alpha value is -4.17. The summed E-state index contributed by atoms with van der Waals surface area (Å²) in [4.78, 5) is 26.8. The summed E-state index contributed by atoms with van der Waals surface area (Å²) < 4.78 is 34.8. The highest BCUT2D eigenvalue weighted by Crippen LogP contribution is 2.49. The Kier molecular flexibility index (Phi) is 9.84. The van der Waals surface area contributed by atoms with E-state index < -0.39 is 50.0 Å². The number of sulfonamides is 1. The fourth-order valence-electron chi connectivity index (χ4n) is 5.21. The van der Waals surface area contributed by atoms with Crippen LogP contribution in [0.15, 0.2) is 73.1 Å². The third-order valence-corrected chi connectivity index (χ3v) is 9.39. The predicted molar refractivity (Wildman–Crippen MR) is 165 cm³/mol. The van der Waals surface area contributed by atoms with Crippen molar-refractivity contribution in [1.82, 2.24) is 15.0 Å². The first-order valence-electron chi connectivity index (χ1n) is 14.0. The van der Waals surface area contributed by atoms with Crippen molar-refractivity contribution in [2.24, 2.45) is 0 Å². The van der Waals surface area contributed by atoms with Crippen LogP contribution in [0.5, 0.6) is 0 Å². The lowest BCUT2D eigenvalue weighted by atomic mass is 9.77. The van der Waals surface area contributed by atoms with E-state index in [1.54, 1.807) is 33.0 Å². The molecule has 0 bridgehead atoms. The number of nitrogens with one attached hydrogen (secondary N) is 2. The molecule has 44 heavy (non-hydrogen) atoms. The lowest BCUT2D eigenvalue weighted by molar-refractivity contribution is -0.384. The molecule has 0 saturated heterocycles. The average Bonchev–Trinajstić information content (AvgIpc) is 2.98. The van der Waals surface area contributed by atoms with Crippen LogP contribution in [0.2, 0.25) is 0 Å². The van der Waals surface area contributed by atoms with E-state index in [1.165, 1.54) is 30.5 Å². The number of hydrogen-bond acceptors (Lipinski definition) is 9. The molecule has 4 rings (SSSR count). The van der Waals surface area contributed by atoms with Gasteiger partial charge in [-0.2, -0.15) is 0 Å². The number of aliphatic hydroxyl groups is 2. The highest BCUT2D eigenvalue weighted by molar-refractivity contribution is 7.90. The largest absolute Gasteiger partial charge is 0.444 e. The fraction of sp³-hybridized carbons (Fsp3) is 0.355. The third kappa shape index (κ3) is 7.48. The van der Waals surface area contributed by atoms with Gasteiger partial charge in [-0.25, -0.2) is 17.9 Å². The first-order chi connectivity index (χ1) is 20.7. The number of allylic oxidation sites excluding steroid dienone is 1. The number of alkyl carbamates (subject to hydrolysis) is 1. The molecule has 1 aliphatic rings. The molecule has 3 unspecified atom stereocenters. The number of ether oxygens (including phenoxy) is 1. The van der Waals surface area contributed by atoms with Gasteiger partial charge in [-0.15, -0.1) is 0 Å². The number of carbonyl (C=O) groups excluding carboxylic acids is 1. The molecule has 3 aromatic rings. The minimum Gasteiger partial charge on any atom is -0.444 e. The number of aliphatic hydroxyl groups excluding tert-OH is 2. The molecular formula is C31H36N4O8S. The molecule has 3 atom stereocenters.